The normalized spacial score (nSPS) is 14.3. The van der Waals surface area contributed by atoms with Crippen molar-refractivity contribution in [3.05, 3.63) is 71.2 Å². The molecule has 5 rings (SSSR count). The highest BCUT2D eigenvalue weighted by Crippen LogP contribution is 2.28. The SMILES string of the molecule is COc1ccc(C(=O)N2CCCN(c3nc(C)nc4c3cnn4-c3ccc(C)cc3C)CC2)cc1. The Balaban J connectivity index is 1.41. The second-order valence-electron chi connectivity index (χ2n) is 9.04. The second-order valence-corrected chi connectivity index (χ2v) is 9.04. The van der Waals surface area contributed by atoms with Crippen LogP contribution in [0.2, 0.25) is 0 Å². The van der Waals surface area contributed by atoms with Crippen LogP contribution in [0.4, 0.5) is 5.82 Å². The van der Waals surface area contributed by atoms with E-state index in [2.05, 4.69) is 42.0 Å². The molecule has 1 aliphatic rings. The average Bonchev–Trinajstić information content (AvgIpc) is 3.11. The van der Waals surface area contributed by atoms with Gasteiger partial charge in [0.05, 0.1) is 24.4 Å². The Labute approximate surface area is 205 Å². The number of carbonyl (C=O) groups excluding carboxylic acids is 1. The van der Waals surface area contributed by atoms with Gasteiger partial charge in [0.1, 0.15) is 17.4 Å². The number of hydrogen-bond donors (Lipinski definition) is 0. The summed E-state index contributed by atoms with van der Waals surface area (Å²) in [7, 11) is 1.62. The van der Waals surface area contributed by atoms with Gasteiger partial charge in [-0.1, -0.05) is 17.7 Å². The van der Waals surface area contributed by atoms with Crippen molar-refractivity contribution in [3.63, 3.8) is 0 Å². The Bertz CT molecular complexity index is 1380. The number of nitrogens with zero attached hydrogens (tertiary/aromatic N) is 6. The summed E-state index contributed by atoms with van der Waals surface area (Å²) in [6, 6.07) is 13.6. The van der Waals surface area contributed by atoms with Crippen molar-refractivity contribution in [2.75, 3.05) is 38.2 Å². The summed E-state index contributed by atoms with van der Waals surface area (Å²) < 4.78 is 7.12. The first-order valence-corrected chi connectivity index (χ1v) is 11.9. The predicted molar refractivity (Wildman–Crippen MR) is 137 cm³/mol. The van der Waals surface area contributed by atoms with Crippen molar-refractivity contribution in [2.45, 2.75) is 27.2 Å². The number of carbonyl (C=O) groups is 1. The molecule has 0 atom stereocenters. The van der Waals surface area contributed by atoms with Crippen molar-refractivity contribution >= 4 is 22.8 Å². The fraction of sp³-hybridized carbons (Fsp3) is 0.333. The minimum Gasteiger partial charge on any atom is -0.497 e. The summed E-state index contributed by atoms with van der Waals surface area (Å²) in [5.41, 5.74) is 4.86. The van der Waals surface area contributed by atoms with Gasteiger partial charge in [-0.25, -0.2) is 14.6 Å². The Hall–Kier alpha value is -3.94. The smallest absolute Gasteiger partial charge is 0.253 e. The summed E-state index contributed by atoms with van der Waals surface area (Å²) in [5, 5.41) is 5.61. The quantitative estimate of drug-likeness (QED) is 0.447. The van der Waals surface area contributed by atoms with Crippen LogP contribution in [0.25, 0.3) is 16.7 Å². The predicted octanol–water partition coefficient (Wildman–Crippen LogP) is 4.10. The molecule has 0 spiro atoms. The maximum atomic E-state index is 13.1. The first kappa shape index (κ1) is 22.8. The monoisotopic (exact) mass is 470 g/mol. The van der Waals surface area contributed by atoms with Crippen LogP contribution in [0.15, 0.2) is 48.7 Å². The molecule has 180 valence electrons. The highest BCUT2D eigenvalue weighted by molar-refractivity contribution is 5.94. The summed E-state index contributed by atoms with van der Waals surface area (Å²) >= 11 is 0. The standard InChI is InChI=1S/C27H30N6O2/c1-18-6-11-24(19(2)16-18)33-26-23(17-28-33)25(29-20(3)30-26)31-12-5-13-32(15-14-31)27(34)21-7-9-22(35-4)10-8-21/h6-11,16-17H,5,12-15H2,1-4H3. The van der Waals surface area contributed by atoms with Gasteiger partial charge in [-0.2, -0.15) is 5.10 Å². The number of hydrogen-bond acceptors (Lipinski definition) is 6. The average molecular weight is 471 g/mol. The third-order valence-electron chi connectivity index (χ3n) is 6.52. The number of rotatable bonds is 4. The first-order valence-electron chi connectivity index (χ1n) is 11.9. The van der Waals surface area contributed by atoms with Gasteiger partial charge < -0.3 is 14.5 Å². The van der Waals surface area contributed by atoms with E-state index < -0.39 is 0 Å². The lowest BCUT2D eigenvalue weighted by atomic mass is 10.1. The van der Waals surface area contributed by atoms with Crippen LogP contribution in [0.5, 0.6) is 5.75 Å². The molecule has 8 nitrogen and oxygen atoms in total. The van der Waals surface area contributed by atoms with Gasteiger partial charge in [0.2, 0.25) is 0 Å². The zero-order valence-corrected chi connectivity index (χ0v) is 20.7. The van der Waals surface area contributed by atoms with Crippen molar-refractivity contribution in [1.82, 2.24) is 24.6 Å². The summed E-state index contributed by atoms with van der Waals surface area (Å²) in [4.78, 5) is 26.8. The third kappa shape index (κ3) is 4.43. The molecule has 0 N–H and O–H groups in total. The number of benzene rings is 2. The Morgan fingerprint density at radius 1 is 0.943 bits per heavy atom. The Morgan fingerprint density at radius 2 is 1.74 bits per heavy atom. The van der Waals surface area contributed by atoms with E-state index >= 15 is 0 Å². The van der Waals surface area contributed by atoms with Crippen molar-refractivity contribution in [2.24, 2.45) is 0 Å². The van der Waals surface area contributed by atoms with Crippen LogP contribution in [-0.4, -0.2) is 63.8 Å². The maximum absolute atomic E-state index is 13.1. The lowest BCUT2D eigenvalue weighted by Crippen LogP contribution is -2.35. The zero-order chi connectivity index (χ0) is 24.5. The van der Waals surface area contributed by atoms with Gasteiger partial charge >= 0.3 is 0 Å². The molecule has 0 saturated carbocycles. The van der Waals surface area contributed by atoms with Crippen LogP contribution in [0.3, 0.4) is 0 Å². The minimum absolute atomic E-state index is 0.0428. The van der Waals surface area contributed by atoms with E-state index in [0.717, 1.165) is 46.8 Å². The van der Waals surface area contributed by atoms with Crippen LogP contribution in [0, 0.1) is 20.8 Å². The zero-order valence-electron chi connectivity index (χ0n) is 20.7. The number of ether oxygens (including phenoxy) is 1. The minimum atomic E-state index is 0.0428. The van der Waals surface area contributed by atoms with Crippen LogP contribution in [0.1, 0.15) is 33.7 Å². The number of aryl methyl sites for hydroxylation is 3. The van der Waals surface area contributed by atoms with E-state index in [4.69, 9.17) is 14.7 Å². The van der Waals surface area contributed by atoms with Gasteiger partial charge in [-0.3, -0.25) is 4.79 Å². The second kappa shape index (κ2) is 9.37. The molecule has 2 aromatic heterocycles. The molecule has 0 aliphatic carbocycles. The molecule has 3 heterocycles. The molecular formula is C27H30N6O2. The highest BCUT2D eigenvalue weighted by Gasteiger charge is 2.24. The van der Waals surface area contributed by atoms with Crippen molar-refractivity contribution in [1.29, 1.82) is 0 Å². The number of methoxy groups -OCH3 is 1. The molecule has 1 aliphatic heterocycles. The van der Waals surface area contributed by atoms with Gasteiger partial charge in [-0.05, 0) is 63.1 Å². The summed E-state index contributed by atoms with van der Waals surface area (Å²) in [6.45, 7) is 8.93. The van der Waals surface area contributed by atoms with E-state index in [1.807, 2.05) is 47.0 Å². The molecule has 2 aromatic carbocycles. The van der Waals surface area contributed by atoms with Gasteiger partial charge in [0.15, 0.2) is 5.65 Å². The number of amides is 1. The van der Waals surface area contributed by atoms with Crippen LogP contribution >= 0.6 is 0 Å². The number of fused-ring (bicyclic) bond motifs is 1. The fourth-order valence-electron chi connectivity index (χ4n) is 4.71. The third-order valence-corrected chi connectivity index (χ3v) is 6.52. The fourth-order valence-corrected chi connectivity index (χ4v) is 4.71. The highest BCUT2D eigenvalue weighted by atomic mass is 16.5. The molecule has 1 amide bonds. The van der Waals surface area contributed by atoms with E-state index in [1.165, 1.54) is 5.56 Å². The lowest BCUT2D eigenvalue weighted by molar-refractivity contribution is 0.0767. The molecule has 0 radical (unpaired) electrons. The molecule has 4 aromatic rings. The summed E-state index contributed by atoms with van der Waals surface area (Å²) in [6.07, 6.45) is 2.71. The molecule has 1 saturated heterocycles. The Morgan fingerprint density at radius 3 is 2.49 bits per heavy atom. The van der Waals surface area contributed by atoms with Gasteiger partial charge in [0, 0.05) is 31.7 Å². The molecule has 0 bridgehead atoms. The molecular weight excluding hydrogens is 440 g/mol. The largest absolute Gasteiger partial charge is 0.497 e. The van der Waals surface area contributed by atoms with Crippen LogP contribution < -0.4 is 9.64 Å². The number of aromatic nitrogens is 4. The van der Waals surface area contributed by atoms with E-state index in [1.54, 1.807) is 7.11 Å². The first-order chi connectivity index (χ1) is 16.9. The molecule has 0 unspecified atom stereocenters. The van der Waals surface area contributed by atoms with Crippen LogP contribution in [-0.2, 0) is 0 Å². The number of anilines is 1. The van der Waals surface area contributed by atoms with E-state index in [-0.39, 0.29) is 5.91 Å². The Kier molecular flexibility index (Phi) is 6.11. The van der Waals surface area contributed by atoms with Crippen molar-refractivity contribution < 1.29 is 9.53 Å². The van der Waals surface area contributed by atoms with Crippen molar-refractivity contribution in [3.8, 4) is 11.4 Å². The van der Waals surface area contributed by atoms with E-state index in [0.29, 0.717) is 31.0 Å². The van der Waals surface area contributed by atoms with Gasteiger partial charge in [-0.15, -0.1) is 0 Å². The maximum Gasteiger partial charge on any atom is 0.253 e. The topological polar surface area (TPSA) is 76.4 Å². The summed E-state index contributed by atoms with van der Waals surface area (Å²) in [5.74, 6) is 2.37. The molecule has 35 heavy (non-hydrogen) atoms. The lowest BCUT2D eigenvalue weighted by Gasteiger charge is -2.23. The van der Waals surface area contributed by atoms with Gasteiger partial charge in [0.25, 0.3) is 5.91 Å². The van der Waals surface area contributed by atoms with E-state index in [9.17, 15) is 4.79 Å². The molecule has 1 fully saturated rings. The molecule has 8 heteroatoms.